The molecule has 0 N–H and O–H groups in total. The number of nitro groups is 1. The van der Waals surface area contributed by atoms with E-state index in [2.05, 4.69) is 4.98 Å². The van der Waals surface area contributed by atoms with Gasteiger partial charge < -0.3 is 9.64 Å². The summed E-state index contributed by atoms with van der Waals surface area (Å²) in [5, 5.41) is 11.0. The highest BCUT2D eigenvalue weighted by Crippen LogP contribution is 2.34. The maximum absolute atomic E-state index is 11.0. The molecule has 0 aliphatic carbocycles. The van der Waals surface area contributed by atoms with Crippen molar-refractivity contribution in [2.45, 2.75) is 6.92 Å². The highest BCUT2D eigenvalue weighted by atomic mass is 35.5. The Morgan fingerprint density at radius 1 is 1.53 bits per heavy atom. The van der Waals surface area contributed by atoms with Crippen LogP contribution in [0.15, 0.2) is 6.07 Å². The predicted molar refractivity (Wildman–Crippen MR) is 63.7 cm³/mol. The molecule has 2 heterocycles. The summed E-state index contributed by atoms with van der Waals surface area (Å²) in [4.78, 5) is 16.4. The van der Waals surface area contributed by atoms with Gasteiger partial charge in [-0.15, -0.1) is 0 Å². The van der Waals surface area contributed by atoms with Crippen molar-refractivity contribution in [1.29, 1.82) is 0 Å². The molecule has 1 fully saturated rings. The average Bonchev–Trinajstić information content (AvgIpc) is 2.28. The zero-order chi connectivity index (χ0) is 12.4. The summed E-state index contributed by atoms with van der Waals surface area (Å²) < 4.78 is 5.22. The van der Waals surface area contributed by atoms with Crippen molar-refractivity contribution in [3.63, 3.8) is 0 Å². The lowest BCUT2D eigenvalue weighted by atomic mass is 10.2. The second-order valence-corrected chi connectivity index (χ2v) is 4.14. The number of anilines is 1. The first-order valence-corrected chi connectivity index (χ1v) is 5.61. The van der Waals surface area contributed by atoms with E-state index in [0.29, 0.717) is 37.7 Å². The molecule has 1 aliphatic rings. The van der Waals surface area contributed by atoms with Gasteiger partial charge in [0.15, 0.2) is 0 Å². The first-order valence-electron chi connectivity index (χ1n) is 5.24. The summed E-state index contributed by atoms with van der Waals surface area (Å²) in [7, 11) is 0. The van der Waals surface area contributed by atoms with Crippen molar-refractivity contribution in [3.8, 4) is 0 Å². The Labute approximate surface area is 103 Å². The van der Waals surface area contributed by atoms with Gasteiger partial charge in [-0.05, 0) is 13.0 Å². The fraction of sp³-hybridized carbons (Fsp3) is 0.500. The number of aromatic nitrogens is 1. The molecular weight excluding hydrogens is 246 g/mol. The van der Waals surface area contributed by atoms with Gasteiger partial charge in [-0.25, -0.2) is 4.98 Å². The van der Waals surface area contributed by atoms with Crippen LogP contribution in [-0.4, -0.2) is 36.2 Å². The number of aryl methyl sites for hydroxylation is 1. The molecule has 0 amide bonds. The van der Waals surface area contributed by atoms with E-state index in [1.807, 2.05) is 4.90 Å². The number of morpholine rings is 1. The van der Waals surface area contributed by atoms with Crippen molar-refractivity contribution < 1.29 is 9.66 Å². The van der Waals surface area contributed by atoms with E-state index >= 15 is 0 Å². The molecule has 1 aromatic heterocycles. The SMILES string of the molecule is Cc1cc(N2CCOCC2)c([N+](=O)[O-])c(Cl)n1. The number of halogens is 1. The van der Waals surface area contributed by atoms with E-state index in [9.17, 15) is 10.1 Å². The van der Waals surface area contributed by atoms with Crippen LogP contribution in [0.1, 0.15) is 5.69 Å². The van der Waals surface area contributed by atoms with Crippen molar-refractivity contribution in [3.05, 3.63) is 27.0 Å². The lowest BCUT2D eigenvalue weighted by molar-refractivity contribution is -0.384. The molecule has 0 saturated carbocycles. The largest absolute Gasteiger partial charge is 0.378 e. The normalized spacial score (nSPS) is 16.0. The van der Waals surface area contributed by atoms with Crippen LogP contribution in [0.3, 0.4) is 0 Å². The van der Waals surface area contributed by atoms with E-state index in [1.54, 1.807) is 13.0 Å². The molecule has 0 radical (unpaired) electrons. The minimum Gasteiger partial charge on any atom is -0.378 e. The van der Waals surface area contributed by atoms with Gasteiger partial charge in [0.25, 0.3) is 0 Å². The fourth-order valence-corrected chi connectivity index (χ4v) is 2.13. The number of hydrogen-bond donors (Lipinski definition) is 0. The topological polar surface area (TPSA) is 68.5 Å². The molecule has 92 valence electrons. The summed E-state index contributed by atoms with van der Waals surface area (Å²) in [6.45, 7) is 4.15. The Balaban J connectivity index is 2.46. The Hall–Kier alpha value is -1.40. The molecule has 17 heavy (non-hydrogen) atoms. The number of nitrogens with zero attached hydrogens (tertiary/aromatic N) is 3. The molecule has 0 aromatic carbocycles. The van der Waals surface area contributed by atoms with Crippen molar-refractivity contribution in [1.82, 2.24) is 4.98 Å². The minimum absolute atomic E-state index is 0.0588. The Kier molecular flexibility index (Phi) is 3.44. The highest BCUT2D eigenvalue weighted by Gasteiger charge is 2.26. The van der Waals surface area contributed by atoms with E-state index in [1.165, 1.54) is 0 Å². The first kappa shape index (κ1) is 12.1. The van der Waals surface area contributed by atoms with Gasteiger partial charge in [0, 0.05) is 18.8 Å². The number of hydrogen-bond acceptors (Lipinski definition) is 5. The van der Waals surface area contributed by atoms with Gasteiger partial charge >= 0.3 is 5.69 Å². The third kappa shape index (κ3) is 2.48. The van der Waals surface area contributed by atoms with Crippen molar-refractivity contribution in [2.75, 3.05) is 31.2 Å². The number of pyridine rings is 1. The molecule has 0 bridgehead atoms. The summed E-state index contributed by atoms with van der Waals surface area (Å²) >= 11 is 5.84. The number of rotatable bonds is 2. The molecule has 7 heteroatoms. The second kappa shape index (κ2) is 4.85. The maximum atomic E-state index is 11.0. The Morgan fingerprint density at radius 2 is 2.18 bits per heavy atom. The molecule has 1 aliphatic heterocycles. The van der Waals surface area contributed by atoms with E-state index in [4.69, 9.17) is 16.3 Å². The summed E-state index contributed by atoms with van der Waals surface area (Å²) in [6, 6.07) is 1.69. The Morgan fingerprint density at radius 3 is 2.76 bits per heavy atom. The molecule has 0 spiro atoms. The van der Waals surface area contributed by atoms with Gasteiger partial charge in [0.2, 0.25) is 5.15 Å². The molecular formula is C10H12ClN3O3. The third-order valence-electron chi connectivity index (χ3n) is 2.59. The van der Waals surface area contributed by atoms with Gasteiger partial charge in [0.1, 0.15) is 5.69 Å². The van der Waals surface area contributed by atoms with Crippen LogP contribution < -0.4 is 4.90 Å². The molecule has 6 nitrogen and oxygen atoms in total. The van der Waals surface area contributed by atoms with Gasteiger partial charge in [-0.2, -0.15) is 0 Å². The quantitative estimate of drug-likeness (QED) is 0.459. The van der Waals surface area contributed by atoms with Crippen molar-refractivity contribution in [2.24, 2.45) is 0 Å². The summed E-state index contributed by atoms with van der Waals surface area (Å²) in [5.74, 6) is 0. The molecule has 0 atom stereocenters. The maximum Gasteiger partial charge on any atom is 0.329 e. The minimum atomic E-state index is -0.487. The zero-order valence-electron chi connectivity index (χ0n) is 9.35. The first-order chi connectivity index (χ1) is 8.09. The predicted octanol–water partition coefficient (Wildman–Crippen LogP) is 1.79. The monoisotopic (exact) mass is 257 g/mol. The van der Waals surface area contributed by atoms with Crippen LogP contribution in [0.5, 0.6) is 0 Å². The lowest BCUT2D eigenvalue weighted by Gasteiger charge is -2.28. The van der Waals surface area contributed by atoms with Crippen LogP contribution in [0.4, 0.5) is 11.4 Å². The van der Waals surface area contributed by atoms with Crippen LogP contribution in [0.2, 0.25) is 5.15 Å². The Bertz CT molecular complexity index is 447. The molecule has 1 saturated heterocycles. The lowest BCUT2D eigenvalue weighted by Crippen LogP contribution is -2.36. The van der Waals surface area contributed by atoms with Crippen molar-refractivity contribution >= 4 is 23.0 Å². The molecule has 1 aromatic rings. The van der Waals surface area contributed by atoms with Crippen LogP contribution >= 0.6 is 11.6 Å². The fourth-order valence-electron chi connectivity index (χ4n) is 1.83. The second-order valence-electron chi connectivity index (χ2n) is 3.78. The number of ether oxygens (including phenoxy) is 1. The standard InChI is InChI=1S/C10H12ClN3O3/c1-7-6-8(13-2-4-17-5-3-13)9(14(15)16)10(11)12-7/h6H,2-5H2,1H3. The molecule has 0 unspecified atom stereocenters. The van der Waals surface area contributed by atoms with Gasteiger partial charge in [0.05, 0.1) is 18.1 Å². The van der Waals surface area contributed by atoms with Gasteiger partial charge in [-0.1, -0.05) is 11.6 Å². The summed E-state index contributed by atoms with van der Waals surface area (Å²) in [6.07, 6.45) is 0. The van der Waals surface area contributed by atoms with Crippen LogP contribution in [0.25, 0.3) is 0 Å². The third-order valence-corrected chi connectivity index (χ3v) is 2.86. The van der Waals surface area contributed by atoms with E-state index < -0.39 is 4.92 Å². The van der Waals surface area contributed by atoms with Crippen LogP contribution in [0, 0.1) is 17.0 Å². The van der Waals surface area contributed by atoms with E-state index in [-0.39, 0.29) is 10.8 Å². The molecule has 2 rings (SSSR count). The van der Waals surface area contributed by atoms with Crippen LogP contribution in [-0.2, 0) is 4.74 Å². The van der Waals surface area contributed by atoms with Gasteiger partial charge in [-0.3, -0.25) is 10.1 Å². The zero-order valence-corrected chi connectivity index (χ0v) is 10.1. The summed E-state index contributed by atoms with van der Waals surface area (Å²) in [5.41, 5.74) is 1.07. The highest BCUT2D eigenvalue weighted by molar-refractivity contribution is 6.32. The average molecular weight is 258 g/mol. The smallest absolute Gasteiger partial charge is 0.329 e. The van der Waals surface area contributed by atoms with E-state index in [0.717, 1.165) is 0 Å².